The van der Waals surface area contributed by atoms with Crippen LogP contribution in [0.5, 0.6) is 11.6 Å². The van der Waals surface area contributed by atoms with Gasteiger partial charge in [0.2, 0.25) is 5.88 Å². The summed E-state index contributed by atoms with van der Waals surface area (Å²) in [6.45, 7) is 1.15. The molecule has 0 radical (unpaired) electrons. The Morgan fingerprint density at radius 2 is 2.18 bits per heavy atom. The molecule has 6 heteroatoms. The molecular weight excluding hydrogens is 348 g/mol. The molecule has 2 rings (SSSR count). The van der Waals surface area contributed by atoms with Gasteiger partial charge in [0.1, 0.15) is 11.3 Å². The maximum Gasteiger partial charge on any atom is 0.256 e. The zero-order chi connectivity index (χ0) is 15.8. The number of hydrogen-bond donors (Lipinski definition) is 1. The van der Waals surface area contributed by atoms with E-state index in [1.165, 1.54) is 0 Å². The predicted octanol–water partition coefficient (Wildman–Crippen LogP) is 3.40. The number of nitrogens with one attached hydrogen (secondary N) is 1. The number of methoxy groups -OCH3 is 1. The van der Waals surface area contributed by atoms with E-state index >= 15 is 0 Å². The van der Waals surface area contributed by atoms with Gasteiger partial charge in [-0.3, -0.25) is 4.79 Å². The number of ether oxygens (including phenoxy) is 2. The van der Waals surface area contributed by atoms with Crippen LogP contribution in [0.2, 0.25) is 0 Å². The highest BCUT2D eigenvalue weighted by molar-refractivity contribution is 9.10. The first-order valence-electron chi connectivity index (χ1n) is 6.86. The lowest BCUT2D eigenvalue weighted by atomic mass is 10.2. The summed E-state index contributed by atoms with van der Waals surface area (Å²) < 4.78 is 11.6. The van der Waals surface area contributed by atoms with E-state index in [2.05, 4.69) is 26.2 Å². The molecule has 1 aromatic heterocycles. The van der Waals surface area contributed by atoms with Gasteiger partial charge in [-0.15, -0.1) is 0 Å². The van der Waals surface area contributed by atoms with Gasteiger partial charge in [-0.1, -0.05) is 22.0 Å². The lowest BCUT2D eigenvalue weighted by Gasteiger charge is -2.10. The van der Waals surface area contributed by atoms with E-state index in [1.54, 1.807) is 31.5 Å². The number of pyridine rings is 1. The molecule has 1 N–H and O–H groups in total. The van der Waals surface area contributed by atoms with Gasteiger partial charge in [0.05, 0.1) is 0 Å². The fourth-order valence-electron chi connectivity index (χ4n) is 1.80. The molecule has 0 aliphatic rings. The Morgan fingerprint density at radius 1 is 1.32 bits per heavy atom. The Hall–Kier alpha value is -1.92. The lowest BCUT2D eigenvalue weighted by Crippen LogP contribution is -2.25. The normalized spacial score (nSPS) is 10.3. The van der Waals surface area contributed by atoms with Gasteiger partial charge in [0.15, 0.2) is 0 Å². The first-order chi connectivity index (χ1) is 10.7. The molecule has 0 fully saturated rings. The average molecular weight is 365 g/mol. The number of hydrogen-bond acceptors (Lipinski definition) is 4. The molecule has 0 unspecified atom stereocenters. The largest absolute Gasteiger partial charge is 0.438 e. The summed E-state index contributed by atoms with van der Waals surface area (Å²) >= 11 is 3.38. The third-order valence-corrected chi connectivity index (χ3v) is 3.33. The summed E-state index contributed by atoms with van der Waals surface area (Å²) in [6.07, 6.45) is 2.35. The Morgan fingerprint density at radius 3 is 2.95 bits per heavy atom. The van der Waals surface area contributed by atoms with Crippen LogP contribution in [0.3, 0.4) is 0 Å². The molecular formula is C16H17BrN2O3. The maximum absolute atomic E-state index is 12.2. The van der Waals surface area contributed by atoms with Crippen molar-refractivity contribution in [1.82, 2.24) is 10.3 Å². The summed E-state index contributed by atoms with van der Waals surface area (Å²) in [7, 11) is 1.63. The Labute approximate surface area is 137 Å². The van der Waals surface area contributed by atoms with E-state index in [-0.39, 0.29) is 11.8 Å². The molecule has 22 heavy (non-hydrogen) atoms. The van der Waals surface area contributed by atoms with Crippen molar-refractivity contribution in [2.45, 2.75) is 6.42 Å². The van der Waals surface area contributed by atoms with Crippen LogP contribution < -0.4 is 10.1 Å². The second kappa shape index (κ2) is 8.51. The number of aromatic nitrogens is 1. The summed E-state index contributed by atoms with van der Waals surface area (Å²) in [5, 5.41) is 2.82. The zero-order valence-corrected chi connectivity index (χ0v) is 13.8. The van der Waals surface area contributed by atoms with E-state index < -0.39 is 0 Å². The van der Waals surface area contributed by atoms with Crippen LogP contribution in [0, 0.1) is 0 Å². The van der Waals surface area contributed by atoms with Crippen LogP contribution in [-0.2, 0) is 4.74 Å². The SMILES string of the molecule is COCCCNC(=O)c1cccnc1Oc1cccc(Br)c1. The standard InChI is InChI=1S/C16H17BrN2O3/c1-21-10-4-9-18-15(20)14-7-3-8-19-16(14)22-13-6-2-5-12(17)11-13/h2-3,5-8,11H,4,9-10H2,1H3,(H,18,20). The molecule has 0 atom stereocenters. The van der Waals surface area contributed by atoms with Crippen molar-refractivity contribution in [2.75, 3.05) is 20.3 Å². The first kappa shape index (κ1) is 16.5. The molecule has 2 aromatic rings. The van der Waals surface area contributed by atoms with Crippen molar-refractivity contribution >= 4 is 21.8 Å². The second-order valence-electron chi connectivity index (χ2n) is 4.52. The van der Waals surface area contributed by atoms with Gasteiger partial charge in [0, 0.05) is 30.9 Å². The summed E-state index contributed by atoms with van der Waals surface area (Å²) in [4.78, 5) is 16.4. The summed E-state index contributed by atoms with van der Waals surface area (Å²) in [5.41, 5.74) is 0.403. The molecule has 0 bridgehead atoms. The number of amides is 1. The molecule has 1 aromatic carbocycles. The van der Waals surface area contributed by atoms with Crippen molar-refractivity contribution in [3.63, 3.8) is 0 Å². The van der Waals surface area contributed by atoms with Crippen molar-refractivity contribution in [3.05, 3.63) is 52.6 Å². The topological polar surface area (TPSA) is 60.5 Å². The van der Waals surface area contributed by atoms with Gasteiger partial charge in [-0.25, -0.2) is 4.98 Å². The molecule has 0 aliphatic heterocycles. The van der Waals surface area contributed by atoms with Crippen molar-refractivity contribution in [3.8, 4) is 11.6 Å². The highest BCUT2D eigenvalue weighted by Crippen LogP contribution is 2.25. The predicted molar refractivity (Wildman–Crippen MR) is 87.3 cm³/mol. The van der Waals surface area contributed by atoms with E-state index in [1.807, 2.05) is 18.2 Å². The zero-order valence-electron chi connectivity index (χ0n) is 12.2. The van der Waals surface area contributed by atoms with Crippen molar-refractivity contribution in [2.24, 2.45) is 0 Å². The van der Waals surface area contributed by atoms with Crippen LogP contribution in [0.15, 0.2) is 47.1 Å². The van der Waals surface area contributed by atoms with E-state index in [9.17, 15) is 4.79 Å². The second-order valence-corrected chi connectivity index (χ2v) is 5.43. The monoisotopic (exact) mass is 364 g/mol. The fraction of sp³-hybridized carbons (Fsp3) is 0.250. The average Bonchev–Trinajstić information content (AvgIpc) is 2.52. The quantitative estimate of drug-likeness (QED) is 0.764. The van der Waals surface area contributed by atoms with Gasteiger partial charge >= 0.3 is 0 Å². The van der Waals surface area contributed by atoms with Crippen molar-refractivity contribution in [1.29, 1.82) is 0 Å². The van der Waals surface area contributed by atoms with Crippen LogP contribution in [0.4, 0.5) is 0 Å². The summed E-state index contributed by atoms with van der Waals surface area (Å²) in [6, 6.07) is 10.8. The fourth-order valence-corrected chi connectivity index (χ4v) is 2.18. The minimum atomic E-state index is -0.214. The Bertz CT molecular complexity index is 634. The highest BCUT2D eigenvalue weighted by Gasteiger charge is 2.13. The van der Waals surface area contributed by atoms with E-state index in [0.29, 0.717) is 24.5 Å². The van der Waals surface area contributed by atoms with Crippen molar-refractivity contribution < 1.29 is 14.3 Å². The number of halogens is 1. The van der Waals surface area contributed by atoms with E-state index in [0.717, 1.165) is 10.9 Å². The third-order valence-electron chi connectivity index (χ3n) is 2.84. The molecule has 1 amide bonds. The van der Waals surface area contributed by atoms with Gasteiger partial charge in [-0.05, 0) is 36.8 Å². The smallest absolute Gasteiger partial charge is 0.256 e. The number of nitrogens with zero attached hydrogens (tertiary/aromatic N) is 1. The lowest BCUT2D eigenvalue weighted by molar-refractivity contribution is 0.0945. The van der Waals surface area contributed by atoms with Crippen LogP contribution in [-0.4, -0.2) is 31.2 Å². The Balaban J connectivity index is 2.07. The molecule has 5 nitrogen and oxygen atoms in total. The molecule has 0 spiro atoms. The minimum Gasteiger partial charge on any atom is -0.438 e. The van der Waals surface area contributed by atoms with Gasteiger partial charge < -0.3 is 14.8 Å². The third kappa shape index (κ3) is 4.82. The van der Waals surface area contributed by atoms with Gasteiger partial charge in [0.25, 0.3) is 5.91 Å². The number of carbonyl (C=O) groups is 1. The maximum atomic E-state index is 12.2. The number of benzene rings is 1. The number of rotatable bonds is 7. The molecule has 0 aliphatic carbocycles. The molecule has 116 valence electrons. The van der Waals surface area contributed by atoms with E-state index in [4.69, 9.17) is 9.47 Å². The first-order valence-corrected chi connectivity index (χ1v) is 7.65. The molecule has 1 heterocycles. The van der Waals surface area contributed by atoms with Crippen LogP contribution in [0.1, 0.15) is 16.8 Å². The number of carbonyl (C=O) groups excluding carboxylic acids is 1. The minimum absolute atomic E-state index is 0.214. The highest BCUT2D eigenvalue weighted by atomic mass is 79.9. The van der Waals surface area contributed by atoms with Gasteiger partial charge in [-0.2, -0.15) is 0 Å². The summed E-state index contributed by atoms with van der Waals surface area (Å²) in [5.74, 6) is 0.681. The Kier molecular flexibility index (Phi) is 6.36. The molecule has 0 saturated heterocycles. The van der Waals surface area contributed by atoms with Crippen LogP contribution in [0.25, 0.3) is 0 Å². The van der Waals surface area contributed by atoms with Crippen LogP contribution >= 0.6 is 15.9 Å². The molecule has 0 saturated carbocycles.